The highest BCUT2D eigenvalue weighted by molar-refractivity contribution is 5.94. The van der Waals surface area contributed by atoms with Crippen molar-refractivity contribution in [1.29, 1.82) is 0 Å². The van der Waals surface area contributed by atoms with E-state index < -0.39 is 0 Å². The molecule has 33 heavy (non-hydrogen) atoms. The van der Waals surface area contributed by atoms with E-state index in [0.717, 1.165) is 11.3 Å². The lowest BCUT2D eigenvalue weighted by atomic mass is 10.2. The molecule has 0 aliphatic rings. The first kappa shape index (κ1) is 20.3. The first-order valence-electron chi connectivity index (χ1n) is 10.2. The summed E-state index contributed by atoms with van der Waals surface area (Å²) >= 11 is 0. The number of carbonyl (C=O) groups excluding carboxylic acids is 1. The van der Waals surface area contributed by atoms with Crippen LogP contribution in [-0.2, 0) is 6.54 Å². The largest absolute Gasteiger partial charge is 0.348 e. The Bertz CT molecular complexity index is 1420. The number of fused-ring (bicyclic) bond motifs is 1. The van der Waals surface area contributed by atoms with Gasteiger partial charge in [0.1, 0.15) is 11.5 Å². The Morgan fingerprint density at radius 2 is 1.76 bits per heavy atom. The van der Waals surface area contributed by atoms with Crippen LogP contribution in [0.3, 0.4) is 0 Å². The van der Waals surface area contributed by atoms with Crippen LogP contribution in [0, 0.1) is 5.82 Å². The summed E-state index contributed by atoms with van der Waals surface area (Å²) in [7, 11) is 0. The van der Waals surface area contributed by atoms with Gasteiger partial charge in [-0.25, -0.2) is 4.39 Å². The van der Waals surface area contributed by atoms with E-state index in [-0.39, 0.29) is 18.3 Å². The van der Waals surface area contributed by atoms with Crippen LogP contribution in [0.2, 0.25) is 0 Å². The van der Waals surface area contributed by atoms with Crippen molar-refractivity contribution in [3.63, 3.8) is 0 Å². The molecule has 5 aromatic rings. The van der Waals surface area contributed by atoms with E-state index in [0.29, 0.717) is 28.5 Å². The second-order valence-corrected chi connectivity index (χ2v) is 7.24. The van der Waals surface area contributed by atoms with Crippen LogP contribution in [0.15, 0.2) is 85.1 Å². The maximum atomic E-state index is 13.1. The lowest BCUT2D eigenvalue weighted by Crippen LogP contribution is -2.22. The minimum Gasteiger partial charge on any atom is -0.348 e. The third kappa shape index (κ3) is 4.52. The molecule has 0 fully saturated rings. The average Bonchev–Trinajstić information content (AvgIpc) is 3.27. The number of anilines is 2. The van der Waals surface area contributed by atoms with Gasteiger partial charge in [0, 0.05) is 24.0 Å². The molecule has 0 bridgehead atoms. The first-order valence-corrected chi connectivity index (χ1v) is 10.2. The Balaban J connectivity index is 1.38. The summed E-state index contributed by atoms with van der Waals surface area (Å²) < 4.78 is 14.6. The molecule has 0 aliphatic carbocycles. The first-order chi connectivity index (χ1) is 16.2. The van der Waals surface area contributed by atoms with Gasteiger partial charge in [0.25, 0.3) is 5.91 Å². The Labute approximate surface area is 188 Å². The van der Waals surface area contributed by atoms with Crippen molar-refractivity contribution in [3.05, 3.63) is 102 Å². The number of benzene rings is 2. The molecule has 3 aromatic heterocycles. The molecule has 2 N–H and O–H groups in total. The van der Waals surface area contributed by atoms with Gasteiger partial charge in [-0.15, -0.1) is 15.3 Å². The van der Waals surface area contributed by atoms with Crippen LogP contribution < -0.4 is 10.6 Å². The van der Waals surface area contributed by atoms with E-state index in [2.05, 4.69) is 30.9 Å². The maximum absolute atomic E-state index is 13.1. The van der Waals surface area contributed by atoms with Crippen molar-refractivity contribution in [3.8, 4) is 11.5 Å². The van der Waals surface area contributed by atoms with E-state index in [1.54, 1.807) is 34.8 Å². The number of nitrogens with zero attached hydrogens (tertiary/aromatic N) is 5. The van der Waals surface area contributed by atoms with E-state index >= 15 is 0 Å². The molecule has 9 heteroatoms. The van der Waals surface area contributed by atoms with Gasteiger partial charge in [-0.3, -0.25) is 9.78 Å². The second-order valence-electron chi connectivity index (χ2n) is 7.24. The molecule has 3 heterocycles. The van der Waals surface area contributed by atoms with Crippen LogP contribution in [-0.4, -0.2) is 30.7 Å². The molecular weight excluding hydrogens is 421 g/mol. The SMILES string of the molecule is O=C(NCc1ccc(F)cc1)c1ccnc(-c2nnc3ccc(Nc4ccccc4)nn23)c1. The number of hydrogen-bond acceptors (Lipinski definition) is 6. The van der Waals surface area contributed by atoms with Gasteiger partial charge in [0.05, 0.1) is 0 Å². The summed E-state index contributed by atoms with van der Waals surface area (Å²) in [5.74, 6) is 0.425. The Kier molecular flexibility index (Phi) is 5.42. The molecule has 162 valence electrons. The smallest absolute Gasteiger partial charge is 0.251 e. The highest BCUT2D eigenvalue weighted by atomic mass is 19.1. The van der Waals surface area contributed by atoms with Crippen LogP contribution in [0.1, 0.15) is 15.9 Å². The molecule has 0 unspecified atom stereocenters. The molecule has 0 radical (unpaired) electrons. The zero-order chi connectivity index (χ0) is 22.6. The molecule has 1 amide bonds. The highest BCUT2D eigenvalue weighted by Crippen LogP contribution is 2.19. The predicted molar refractivity (Wildman–Crippen MR) is 121 cm³/mol. The molecule has 8 nitrogen and oxygen atoms in total. The van der Waals surface area contributed by atoms with Crippen molar-refractivity contribution in [1.82, 2.24) is 30.1 Å². The van der Waals surface area contributed by atoms with Gasteiger partial charge in [0.2, 0.25) is 5.82 Å². The fraction of sp³-hybridized carbons (Fsp3) is 0.0417. The lowest BCUT2D eigenvalue weighted by Gasteiger charge is -2.07. The van der Waals surface area contributed by atoms with Gasteiger partial charge in [0.15, 0.2) is 11.5 Å². The third-order valence-electron chi connectivity index (χ3n) is 4.93. The fourth-order valence-corrected chi connectivity index (χ4v) is 3.27. The number of nitrogens with one attached hydrogen (secondary N) is 2. The topological polar surface area (TPSA) is 97.1 Å². The molecule has 2 aromatic carbocycles. The number of aromatic nitrogens is 5. The maximum Gasteiger partial charge on any atom is 0.251 e. The number of pyridine rings is 1. The molecule has 0 aliphatic heterocycles. The van der Waals surface area contributed by atoms with Gasteiger partial charge >= 0.3 is 0 Å². The zero-order valence-corrected chi connectivity index (χ0v) is 17.3. The molecule has 0 saturated heterocycles. The van der Waals surface area contributed by atoms with Gasteiger partial charge < -0.3 is 10.6 Å². The van der Waals surface area contributed by atoms with Gasteiger partial charge in [-0.2, -0.15) is 4.52 Å². The number of halogens is 1. The van der Waals surface area contributed by atoms with Crippen LogP contribution in [0.4, 0.5) is 15.9 Å². The minimum atomic E-state index is -0.319. The Morgan fingerprint density at radius 3 is 2.58 bits per heavy atom. The van der Waals surface area contributed by atoms with Crippen LogP contribution >= 0.6 is 0 Å². The van der Waals surface area contributed by atoms with E-state index in [1.165, 1.54) is 18.3 Å². The number of hydrogen-bond donors (Lipinski definition) is 2. The Morgan fingerprint density at radius 1 is 0.939 bits per heavy atom. The normalized spacial score (nSPS) is 10.8. The van der Waals surface area contributed by atoms with Crippen molar-refractivity contribution in [2.24, 2.45) is 0 Å². The third-order valence-corrected chi connectivity index (χ3v) is 4.93. The summed E-state index contributed by atoms with van der Waals surface area (Å²) in [5, 5.41) is 19.0. The number of rotatable bonds is 6. The Hall–Kier alpha value is -4.66. The van der Waals surface area contributed by atoms with Gasteiger partial charge in [-0.05, 0) is 54.1 Å². The summed E-state index contributed by atoms with van der Waals surface area (Å²) in [4.78, 5) is 17.0. The zero-order valence-electron chi connectivity index (χ0n) is 17.3. The van der Waals surface area contributed by atoms with Crippen molar-refractivity contribution in [2.75, 3.05) is 5.32 Å². The molecule has 5 rings (SSSR count). The average molecular weight is 439 g/mol. The number of carbonyl (C=O) groups is 1. The van der Waals surface area contributed by atoms with E-state index in [1.807, 2.05) is 36.4 Å². The summed E-state index contributed by atoms with van der Waals surface area (Å²) in [5.41, 5.74) is 3.12. The molecule has 0 atom stereocenters. The molecule has 0 spiro atoms. The van der Waals surface area contributed by atoms with E-state index in [4.69, 9.17) is 0 Å². The summed E-state index contributed by atoms with van der Waals surface area (Å²) in [6.45, 7) is 0.278. The second kappa shape index (κ2) is 8.83. The predicted octanol–water partition coefficient (Wildman–Crippen LogP) is 4.00. The van der Waals surface area contributed by atoms with Crippen molar-refractivity contribution >= 4 is 23.1 Å². The molecular formula is C24H18FN7O. The lowest BCUT2D eigenvalue weighted by molar-refractivity contribution is 0.0951. The van der Waals surface area contributed by atoms with Gasteiger partial charge in [-0.1, -0.05) is 30.3 Å². The van der Waals surface area contributed by atoms with E-state index in [9.17, 15) is 9.18 Å². The highest BCUT2D eigenvalue weighted by Gasteiger charge is 2.14. The standard InChI is InChI=1S/C24H18FN7O/c25-18-8-6-16(7-9-18)15-27-24(33)17-12-13-26-20(14-17)23-30-29-22-11-10-21(31-32(22)23)28-19-4-2-1-3-5-19/h1-14H,15H2,(H,27,33)(H,28,31). The fourth-order valence-electron chi connectivity index (χ4n) is 3.27. The van der Waals surface area contributed by atoms with Crippen LogP contribution in [0.25, 0.3) is 17.2 Å². The number of para-hydroxylation sites is 1. The van der Waals surface area contributed by atoms with Crippen molar-refractivity contribution in [2.45, 2.75) is 6.54 Å². The summed E-state index contributed by atoms with van der Waals surface area (Å²) in [6, 6.07) is 22.5. The van der Waals surface area contributed by atoms with Crippen molar-refractivity contribution < 1.29 is 9.18 Å². The minimum absolute atomic E-state index is 0.278. The van der Waals surface area contributed by atoms with Crippen LogP contribution in [0.5, 0.6) is 0 Å². The monoisotopic (exact) mass is 439 g/mol. The molecule has 0 saturated carbocycles. The number of amides is 1. The quantitative estimate of drug-likeness (QED) is 0.415. The summed E-state index contributed by atoms with van der Waals surface area (Å²) in [6.07, 6.45) is 1.54.